The van der Waals surface area contributed by atoms with Gasteiger partial charge in [0.05, 0.1) is 6.42 Å². The van der Waals surface area contributed by atoms with E-state index in [9.17, 15) is 9.59 Å². The van der Waals surface area contributed by atoms with Crippen LogP contribution in [-0.4, -0.2) is 11.8 Å². The highest BCUT2D eigenvalue weighted by atomic mass is 35.5. The molecular weight excluding hydrogens is 360 g/mol. The van der Waals surface area contributed by atoms with Crippen molar-refractivity contribution in [3.8, 4) is 0 Å². The van der Waals surface area contributed by atoms with Gasteiger partial charge in [-0.25, -0.2) is 0 Å². The first-order valence-corrected chi connectivity index (χ1v) is 9.00. The number of carbonyl (C=O) groups is 2. The molecule has 4 rings (SSSR count). The van der Waals surface area contributed by atoms with Gasteiger partial charge >= 0.3 is 0 Å². The topological polar surface area (TPSA) is 49.4 Å². The number of rotatable bonds is 4. The first-order chi connectivity index (χ1) is 13.1. The monoisotopic (exact) mass is 376 g/mol. The maximum atomic E-state index is 13.4. The first-order valence-electron chi connectivity index (χ1n) is 8.62. The molecule has 1 N–H and O–H groups in total. The van der Waals surface area contributed by atoms with Crippen molar-refractivity contribution in [3.63, 3.8) is 0 Å². The number of benzene rings is 3. The van der Waals surface area contributed by atoms with Crippen molar-refractivity contribution in [1.29, 1.82) is 0 Å². The van der Waals surface area contributed by atoms with Crippen LogP contribution in [0.3, 0.4) is 0 Å². The molecule has 0 saturated carbocycles. The lowest BCUT2D eigenvalue weighted by Crippen LogP contribution is -2.67. The second kappa shape index (κ2) is 6.89. The number of carbonyl (C=O) groups excluding carboxylic acids is 2. The van der Waals surface area contributed by atoms with E-state index in [1.807, 2.05) is 72.8 Å². The van der Waals surface area contributed by atoms with Gasteiger partial charge in [0.15, 0.2) is 5.54 Å². The number of anilines is 2. The zero-order valence-corrected chi connectivity index (χ0v) is 15.2. The van der Waals surface area contributed by atoms with Crippen molar-refractivity contribution >= 4 is 34.8 Å². The second-order valence-electron chi connectivity index (χ2n) is 6.40. The zero-order chi connectivity index (χ0) is 18.9. The molecule has 3 aromatic carbocycles. The molecule has 1 heterocycles. The van der Waals surface area contributed by atoms with E-state index in [0.29, 0.717) is 22.0 Å². The maximum absolute atomic E-state index is 13.4. The lowest BCUT2D eigenvalue weighted by atomic mass is 9.76. The maximum Gasteiger partial charge on any atom is 0.255 e. The number of nitrogens with one attached hydrogen (secondary N) is 1. The molecule has 1 aliphatic rings. The lowest BCUT2D eigenvalue weighted by Gasteiger charge is -2.51. The minimum atomic E-state index is -1.19. The van der Waals surface area contributed by atoms with Crippen LogP contribution in [0.4, 0.5) is 11.4 Å². The summed E-state index contributed by atoms with van der Waals surface area (Å²) in [6.45, 7) is 0. The van der Waals surface area contributed by atoms with E-state index in [-0.39, 0.29) is 18.2 Å². The summed E-state index contributed by atoms with van der Waals surface area (Å²) >= 11 is 6.45. The molecule has 4 nitrogen and oxygen atoms in total. The van der Waals surface area contributed by atoms with Crippen LogP contribution in [-0.2, 0) is 15.1 Å². The minimum Gasteiger partial charge on any atom is -0.324 e. The SMILES string of the molecule is O=C1CC(C(=O)Nc2ccccc2)(c2ccccc2Cl)N1c1ccccc1. The van der Waals surface area contributed by atoms with Crippen LogP contribution in [0, 0.1) is 0 Å². The number of β-lactam (4-membered cyclic amide) rings is 1. The molecule has 1 saturated heterocycles. The Labute approximate surface area is 162 Å². The summed E-state index contributed by atoms with van der Waals surface area (Å²) in [5, 5.41) is 3.39. The number of halogens is 1. The fraction of sp³-hybridized carbons (Fsp3) is 0.0909. The Morgan fingerprint density at radius 1 is 0.889 bits per heavy atom. The number of nitrogens with zero attached hydrogens (tertiary/aromatic N) is 1. The van der Waals surface area contributed by atoms with Crippen molar-refractivity contribution in [1.82, 2.24) is 0 Å². The molecule has 1 atom stereocenters. The van der Waals surface area contributed by atoms with Gasteiger partial charge in [0, 0.05) is 22.0 Å². The van der Waals surface area contributed by atoms with Crippen LogP contribution in [0.5, 0.6) is 0 Å². The van der Waals surface area contributed by atoms with Crippen molar-refractivity contribution < 1.29 is 9.59 Å². The Balaban J connectivity index is 1.83. The number of hydrogen-bond acceptors (Lipinski definition) is 2. The second-order valence-corrected chi connectivity index (χ2v) is 6.81. The lowest BCUT2D eigenvalue weighted by molar-refractivity contribution is -0.137. The van der Waals surface area contributed by atoms with Gasteiger partial charge in [-0.15, -0.1) is 0 Å². The third kappa shape index (κ3) is 2.88. The summed E-state index contributed by atoms with van der Waals surface area (Å²) < 4.78 is 0. The highest BCUT2D eigenvalue weighted by Gasteiger charge is 2.59. The third-order valence-corrected chi connectivity index (χ3v) is 5.11. The standard InChI is InChI=1S/C22H17ClN2O2/c23-19-14-8-7-13-18(19)22(21(27)24-16-9-3-1-4-10-16)15-20(26)25(22)17-11-5-2-6-12-17/h1-14H,15H2,(H,24,27). The van der Waals surface area contributed by atoms with Crippen LogP contribution in [0.25, 0.3) is 0 Å². The fourth-order valence-corrected chi connectivity index (χ4v) is 3.80. The largest absolute Gasteiger partial charge is 0.324 e. The predicted molar refractivity (Wildman–Crippen MR) is 107 cm³/mol. The summed E-state index contributed by atoms with van der Waals surface area (Å²) in [7, 11) is 0. The van der Waals surface area contributed by atoms with Gasteiger partial charge in [-0.05, 0) is 30.3 Å². The van der Waals surface area contributed by atoms with E-state index < -0.39 is 5.54 Å². The molecular formula is C22H17ClN2O2. The summed E-state index contributed by atoms with van der Waals surface area (Å²) in [6, 6.07) is 25.5. The van der Waals surface area contributed by atoms with Gasteiger partial charge in [-0.3, -0.25) is 14.5 Å². The quantitative estimate of drug-likeness (QED) is 0.676. The molecule has 2 amide bonds. The molecule has 0 aromatic heterocycles. The molecule has 1 fully saturated rings. The summed E-state index contributed by atoms with van der Waals surface area (Å²) in [4.78, 5) is 27.6. The van der Waals surface area contributed by atoms with E-state index in [2.05, 4.69) is 5.32 Å². The fourth-order valence-electron chi connectivity index (χ4n) is 3.51. The molecule has 0 bridgehead atoms. The van der Waals surface area contributed by atoms with Crippen molar-refractivity contribution in [2.24, 2.45) is 0 Å². The number of amides is 2. The summed E-state index contributed by atoms with van der Waals surface area (Å²) in [6.07, 6.45) is 0.0598. The molecule has 27 heavy (non-hydrogen) atoms. The van der Waals surface area contributed by atoms with E-state index in [0.717, 1.165) is 0 Å². The Kier molecular flexibility index (Phi) is 4.42. The van der Waals surface area contributed by atoms with Crippen LogP contribution in [0.1, 0.15) is 12.0 Å². The molecule has 3 aromatic rings. The van der Waals surface area contributed by atoms with E-state index in [4.69, 9.17) is 11.6 Å². The highest BCUT2D eigenvalue weighted by Crippen LogP contribution is 2.47. The predicted octanol–water partition coefficient (Wildman–Crippen LogP) is 4.61. The highest BCUT2D eigenvalue weighted by molar-refractivity contribution is 6.32. The molecule has 0 aliphatic carbocycles. The van der Waals surface area contributed by atoms with Crippen molar-refractivity contribution in [2.45, 2.75) is 12.0 Å². The summed E-state index contributed by atoms with van der Waals surface area (Å²) in [5.74, 6) is -0.408. The Morgan fingerprint density at radius 2 is 1.48 bits per heavy atom. The molecule has 5 heteroatoms. The van der Waals surface area contributed by atoms with E-state index in [1.165, 1.54) is 4.90 Å². The molecule has 0 radical (unpaired) electrons. The first kappa shape index (κ1) is 17.3. The minimum absolute atomic E-state index is 0.0598. The molecule has 134 valence electrons. The zero-order valence-electron chi connectivity index (χ0n) is 14.4. The van der Waals surface area contributed by atoms with Gasteiger partial charge in [0.1, 0.15) is 0 Å². The van der Waals surface area contributed by atoms with Crippen molar-refractivity contribution in [3.05, 3.63) is 95.5 Å². The van der Waals surface area contributed by atoms with Gasteiger partial charge < -0.3 is 5.32 Å². The smallest absolute Gasteiger partial charge is 0.255 e. The average molecular weight is 377 g/mol. The van der Waals surface area contributed by atoms with Gasteiger partial charge in [-0.2, -0.15) is 0 Å². The molecule has 0 spiro atoms. The molecule has 1 aliphatic heterocycles. The van der Waals surface area contributed by atoms with Crippen molar-refractivity contribution in [2.75, 3.05) is 10.2 Å². The van der Waals surface area contributed by atoms with Crippen LogP contribution in [0.2, 0.25) is 5.02 Å². The Hall–Kier alpha value is -3.11. The van der Waals surface area contributed by atoms with Gasteiger partial charge in [0.25, 0.3) is 5.91 Å². The van der Waals surface area contributed by atoms with Gasteiger partial charge in [0.2, 0.25) is 5.91 Å². The van der Waals surface area contributed by atoms with Crippen LogP contribution >= 0.6 is 11.6 Å². The molecule has 1 unspecified atom stereocenters. The van der Waals surface area contributed by atoms with Gasteiger partial charge in [-0.1, -0.05) is 66.2 Å². The van der Waals surface area contributed by atoms with E-state index >= 15 is 0 Å². The van der Waals surface area contributed by atoms with Crippen LogP contribution < -0.4 is 10.2 Å². The number of para-hydroxylation sites is 2. The Bertz CT molecular complexity index is 991. The van der Waals surface area contributed by atoms with Crippen LogP contribution in [0.15, 0.2) is 84.9 Å². The normalized spacial score (nSPS) is 18.7. The summed E-state index contributed by atoms with van der Waals surface area (Å²) in [5.41, 5.74) is 0.758. The number of hydrogen-bond donors (Lipinski definition) is 1. The average Bonchev–Trinajstić information content (AvgIpc) is 2.68. The van der Waals surface area contributed by atoms with E-state index in [1.54, 1.807) is 12.1 Å². The third-order valence-electron chi connectivity index (χ3n) is 4.78. The Morgan fingerprint density at radius 3 is 2.11 bits per heavy atom.